The van der Waals surface area contributed by atoms with Crippen molar-refractivity contribution < 1.29 is 14.9 Å². The van der Waals surface area contributed by atoms with Gasteiger partial charge in [-0.3, -0.25) is 9.59 Å². The van der Waals surface area contributed by atoms with Crippen LogP contribution < -0.4 is 16.4 Å². The number of rotatable bonds is 7. The van der Waals surface area contributed by atoms with E-state index < -0.39 is 5.91 Å². The van der Waals surface area contributed by atoms with Crippen molar-refractivity contribution in [3.8, 4) is 0 Å². The van der Waals surface area contributed by atoms with Crippen LogP contribution in [0.15, 0.2) is 84.9 Å². The molecular formula is C22H22N3O2+. The van der Waals surface area contributed by atoms with E-state index >= 15 is 0 Å². The van der Waals surface area contributed by atoms with Crippen molar-refractivity contribution >= 4 is 17.5 Å². The van der Waals surface area contributed by atoms with Gasteiger partial charge in [-0.05, 0) is 24.3 Å². The number of carbonyl (C=O) groups excluding carboxylic acids is 2. The first-order chi connectivity index (χ1) is 13.1. The van der Waals surface area contributed by atoms with Crippen molar-refractivity contribution in [2.24, 2.45) is 5.73 Å². The van der Waals surface area contributed by atoms with E-state index in [1.165, 1.54) is 0 Å². The van der Waals surface area contributed by atoms with Gasteiger partial charge in [0.1, 0.15) is 6.04 Å². The molecule has 3 rings (SSSR count). The first-order valence-electron chi connectivity index (χ1n) is 8.76. The van der Waals surface area contributed by atoms with Gasteiger partial charge in [0.15, 0.2) is 6.54 Å². The van der Waals surface area contributed by atoms with Crippen LogP contribution in [-0.2, 0) is 4.79 Å². The standard InChI is InChI=1S/C22H21N3O2/c23-22(27)18-11-13-19(14-12-18)25-20(26)15-24-21(16-7-3-1-4-8-16)17-9-5-2-6-10-17/h1-14,21,24H,15H2,(H2,23,27)(H,25,26)/p+1. The molecule has 0 heterocycles. The topological polar surface area (TPSA) is 88.8 Å². The van der Waals surface area contributed by atoms with E-state index in [-0.39, 0.29) is 18.5 Å². The number of hydrogen-bond donors (Lipinski definition) is 3. The van der Waals surface area contributed by atoms with Crippen molar-refractivity contribution in [1.82, 2.24) is 0 Å². The summed E-state index contributed by atoms with van der Waals surface area (Å²) in [6, 6.07) is 26.8. The van der Waals surface area contributed by atoms with Gasteiger partial charge in [-0.1, -0.05) is 60.7 Å². The predicted molar refractivity (Wildman–Crippen MR) is 105 cm³/mol. The highest BCUT2D eigenvalue weighted by Crippen LogP contribution is 2.17. The molecule has 0 saturated heterocycles. The summed E-state index contributed by atoms with van der Waals surface area (Å²) in [6.45, 7) is 0.270. The number of benzene rings is 3. The van der Waals surface area contributed by atoms with Crippen molar-refractivity contribution in [2.45, 2.75) is 6.04 Å². The molecule has 2 amide bonds. The molecule has 0 fully saturated rings. The molecule has 0 aliphatic carbocycles. The maximum Gasteiger partial charge on any atom is 0.279 e. The maximum absolute atomic E-state index is 12.4. The second kappa shape index (κ2) is 8.78. The number of nitrogens with one attached hydrogen (secondary N) is 1. The Labute approximate surface area is 158 Å². The lowest BCUT2D eigenvalue weighted by Crippen LogP contribution is -2.87. The SMILES string of the molecule is NC(=O)c1ccc(NC(=O)C[NH2+]C(c2ccccc2)c2ccccc2)cc1. The van der Waals surface area contributed by atoms with Gasteiger partial charge in [-0.15, -0.1) is 0 Å². The number of nitrogens with two attached hydrogens (primary N) is 2. The molecule has 0 spiro atoms. The first-order valence-corrected chi connectivity index (χ1v) is 8.76. The van der Waals surface area contributed by atoms with E-state index in [1.807, 2.05) is 41.7 Å². The summed E-state index contributed by atoms with van der Waals surface area (Å²) in [6.07, 6.45) is 0. The number of hydrogen-bond acceptors (Lipinski definition) is 2. The fourth-order valence-electron chi connectivity index (χ4n) is 2.94. The minimum atomic E-state index is -0.491. The lowest BCUT2D eigenvalue weighted by atomic mass is 9.99. The average molecular weight is 360 g/mol. The molecule has 0 aliphatic rings. The van der Waals surface area contributed by atoms with E-state index in [2.05, 4.69) is 29.6 Å². The lowest BCUT2D eigenvalue weighted by Gasteiger charge is -2.16. The van der Waals surface area contributed by atoms with Gasteiger partial charge in [-0.25, -0.2) is 0 Å². The molecule has 27 heavy (non-hydrogen) atoms. The molecule has 0 saturated carbocycles. The summed E-state index contributed by atoms with van der Waals surface area (Å²) in [7, 11) is 0. The summed E-state index contributed by atoms with van der Waals surface area (Å²) in [5.74, 6) is -0.603. The van der Waals surface area contributed by atoms with E-state index in [9.17, 15) is 9.59 Å². The third-order valence-corrected chi connectivity index (χ3v) is 4.31. The lowest BCUT2D eigenvalue weighted by molar-refractivity contribution is -0.676. The van der Waals surface area contributed by atoms with Crippen molar-refractivity contribution in [3.05, 3.63) is 102 Å². The summed E-state index contributed by atoms with van der Waals surface area (Å²) in [4.78, 5) is 23.5. The number of amides is 2. The first kappa shape index (κ1) is 18.4. The highest BCUT2D eigenvalue weighted by Gasteiger charge is 2.18. The summed E-state index contributed by atoms with van der Waals surface area (Å²) < 4.78 is 0. The summed E-state index contributed by atoms with van der Waals surface area (Å²) in [5.41, 5.74) is 8.55. The zero-order chi connectivity index (χ0) is 19.1. The van der Waals surface area contributed by atoms with Crippen LogP contribution in [0.25, 0.3) is 0 Å². The molecule has 0 unspecified atom stereocenters. The molecule has 5 nitrogen and oxygen atoms in total. The Morgan fingerprint density at radius 1 is 0.815 bits per heavy atom. The molecule has 0 atom stereocenters. The van der Waals surface area contributed by atoms with Gasteiger partial charge >= 0.3 is 0 Å². The van der Waals surface area contributed by atoms with Crippen LogP contribution in [0, 0.1) is 0 Å². The number of carbonyl (C=O) groups is 2. The molecule has 0 aromatic heterocycles. The van der Waals surface area contributed by atoms with Crippen molar-refractivity contribution in [3.63, 3.8) is 0 Å². The van der Waals surface area contributed by atoms with Crippen LogP contribution in [0.5, 0.6) is 0 Å². The smallest absolute Gasteiger partial charge is 0.279 e. The monoisotopic (exact) mass is 360 g/mol. The molecule has 136 valence electrons. The fourth-order valence-corrected chi connectivity index (χ4v) is 2.94. The van der Waals surface area contributed by atoms with Gasteiger partial charge in [0.05, 0.1) is 0 Å². The number of quaternary nitrogens is 1. The minimum absolute atomic E-state index is 0.0374. The van der Waals surface area contributed by atoms with Crippen molar-refractivity contribution in [2.75, 3.05) is 11.9 Å². The van der Waals surface area contributed by atoms with E-state index in [0.29, 0.717) is 11.3 Å². The fraction of sp³-hybridized carbons (Fsp3) is 0.0909. The Bertz CT molecular complexity index is 854. The molecule has 0 radical (unpaired) electrons. The quantitative estimate of drug-likeness (QED) is 0.602. The zero-order valence-electron chi connectivity index (χ0n) is 14.8. The van der Waals surface area contributed by atoms with Crippen molar-refractivity contribution in [1.29, 1.82) is 0 Å². The van der Waals surface area contributed by atoms with Crippen LogP contribution in [0.4, 0.5) is 5.69 Å². The number of anilines is 1. The van der Waals surface area contributed by atoms with Gasteiger partial charge in [-0.2, -0.15) is 0 Å². The van der Waals surface area contributed by atoms with Gasteiger partial charge in [0, 0.05) is 22.4 Å². The van der Waals surface area contributed by atoms with Gasteiger partial charge in [0.25, 0.3) is 5.91 Å². The highest BCUT2D eigenvalue weighted by atomic mass is 16.2. The zero-order valence-corrected chi connectivity index (χ0v) is 14.8. The van der Waals surface area contributed by atoms with E-state index in [4.69, 9.17) is 5.73 Å². The minimum Gasteiger partial charge on any atom is -0.366 e. The Kier molecular flexibility index (Phi) is 5.97. The second-order valence-electron chi connectivity index (χ2n) is 6.23. The molecule has 3 aromatic carbocycles. The van der Waals surface area contributed by atoms with Crippen LogP contribution >= 0.6 is 0 Å². The summed E-state index contributed by atoms with van der Waals surface area (Å²) >= 11 is 0. The third-order valence-electron chi connectivity index (χ3n) is 4.31. The molecule has 5 N–H and O–H groups in total. The van der Waals surface area contributed by atoms with Crippen LogP contribution in [-0.4, -0.2) is 18.4 Å². The van der Waals surface area contributed by atoms with Crippen LogP contribution in [0.1, 0.15) is 27.5 Å². The third kappa shape index (κ3) is 5.03. The largest absolute Gasteiger partial charge is 0.366 e. The highest BCUT2D eigenvalue weighted by molar-refractivity contribution is 5.95. The van der Waals surface area contributed by atoms with Gasteiger partial charge in [0.2, 0.25) is 5.91 Å². The van der Waals surface area contributed by atoms with Crippen LogP contribution in [0.3, 0.4) is 0 Å². The normalized spacial score (nSPS) is 10.6. The Morgan fingerprint density at radius 3 is 1.81 bits per heavy atom. The number of primary amides is 1. The Morgan fingerprint density at radius 2 is 1.33 bits per heavy atom. The van der Waals surface area contributed by atoms with E-state index in [1.54, 1.807) is 24.3 Å². The molecule has 5 heteroatoms. The molecule has 0 bridgehead atoms. The Balaban J connectivity index is 1.66. The van der Waals surface area contributed by atoms with Gasteiger partial charge < -0.3 is 16.4 Å². The molecular weight excluding hydrogens is 338 g/mol. The Hall–Kier alpha value is -3.44. The molecule has 3 aromatic rings. The predicted octanol–water partition coefficient (Wildman–Crippen LogP) is 2.08. The second-order valence-corrected chi connectivity index (χ2v) is 6.23. The van der Waals surface area contributed by atoms with Crippen LogP contribution in [0.2, 0.25) is 0 Å². The van der Waals surface area contributed by atoms with E-state index in [0.717, 1.165) is 11.1 Å². The average Bonchev–Trinajstić information content (AvgIpc) is 2.70. The summed E-state index contributed by atoms with van der Waals surface area (Å²) in [5, 5.41) is 4.86. The molecule has 0 aliphatic heterocycles. The maximum atomic E-state index is 12.4.